The van der Waals surface area contributed by atoms with Crippen molar-refractivity contribution in [2.24, 2.45) is 0 Å². The molecule has 0 saturated heterocycles. The second kappa shape index (κ2) is 5.86. The second-order valence-electron chi connectivity index (χ2n) is 5.21. The Morgan fingerprint density at radius 3 is 2.33 bits per heavy atom. The third kappa shape index (κ3) is 2.32. The Kier molecular flexibility index (Phi) is 4.42. The predicted octanol–water partition coefficient (Wildman–Crippen LogP) is 4.60. The molecule has 1 fully saturated rings. The predicted molar refractivity (Wildman–Crippen MR) is 78.3 cm³/mol. The SMILES string of the molecule is CC.CCc1nc2c(c(CC)c1C1CC1)CCC2. The van der Waals surface area contributed by atoms with Gasteiger partial charge >= 0.3 is 0 Å². The largest absolute Gasteiger partial charge is 0.257 e. The first-order valence-electron chi connectivity index (χ1n) is 7.88. The summed E-state index contributed by atoms with van der Waals surface area (Å²) in [5.41, 5.74) is 7.81. The zero-order valence-electron chi connectivity index (χ0n) is 12.5. The van der Waals surface area contributed by atoms with Crippen LogP contribution in [-0.4, -0.2) is 4.98 Å². The van der Waals surface area contributed by atoms with Crippen molar-refractivity contribution in [3.05, 3.63) is 28.1 Å². The molecule has 18 heavy (non-hydrogen) atoms. The molecule has 0 unspecified atom stereocenters. The van der Waals surface area contributed by atoms with E-state index in [1.165, 1.54) is 49.9 Å². The van der Waals surface area contributed by atoms with Gasteiger partial charge in [-0.25, -0.2) is 0 Å². The molecule has 2 aliphatic carbocycles. The van der Waals surface area contributed by atoms with Gasteiger partial charge in [-0.3, -0.25) is 4.98 Å². The fourth-order valence-electron chi connectivity index (χ4n) is 3.26. The van der Waals surface area contributed by atoms with E-state index in [-0.39, 0.29) is 0 Å². The highest BCUT2D eigenvalue weighted by Gasteiger charge is 2.31. The van der Waals surface area contributed by atoms with Crippen LogP contribution >= 0.6 is 0 Å². The van der Waals surface area contributed by atoms with E-state index in [0.29, 0.717) is 0 Å². The minimum absolute atomic E-state index is 0.864. The molecule has 0 atom stereocenters. The van der Waals surface area contributed by atoms with E-state index >= 15 is 0 Å². The van der Waals surface area contributed by atoms with Crippen LogP contribution in [0, 0.1) is 0 Å². The van der Waals surface area contributed by atoms with Gasteiger partial charge in [-0.1, -0.05) is 27.7 Å². The molecule has 1 aromatic rings. The van der Waals surface area contributed by atoms with Crippen LogP contribution in [0.3, 0.4) is 0 Å². The molecule has 1 heteroatoms. The maximum atomic E-state index is 4.94. The van der Waals surface area contributed by atoms with E-state index < -0.39 is 0 Å². The van der Waals surface area contributed by atoms with Crippen molar-refractivity contribution in [1.82, 2.24) is 4.98 Å². The van der Waals surface area contributed by atoms with Crippen molar-refractivity contribution in [2.45, 2.75) is 78.6 Å². The zero-order chi connectivity index (χ0) is 13.1. The van der Waals surface area contributed by atoms with Gasteiger partial charge in [0.2, 0.25) is 0 Å². The van der Waals surface area contributed by atoms with Gasteiger partial charge in [0, 0.05) is 11.4 Å². The molecule has 100 valence electrons. The Morgan fingerprint density at radius 2 is 1.78 bits per heavy atom. The van der Waals surface area contributed by atoms with Gasteiger partial charge in [-0.15, -0.1) is 0 Å². The van der Waals surface area contributed by atoms with E-state index in [0.717, 1.165) is 12.3 Å². The van der Waals surface area contributed by atoms with Crippen LogP contribution in [0.1, 0.15) is 81.0 Å². The first-order chi connectivity index (χ1) is 8.85. The van der Waals surface area contributed by atoms with Crippen molar-refractivity contribution < 1.29 is 0 Å². The van der Waals surface area contributed by atoms with Crippen LogP contribution in [0.15, 0.2) is 0 Å². The number of hydrogen-bond acceptors (Lipinski definition) is 1. The molecule has 1 nitrogen and oxygen atoms in total. The zero-order valence-corrected chi connectivity index (χ0v) is 12.5. The average Bonchev–Trinajstić information content (AvgIpc) is 3.16. The summed E-state index contributed by atoms with van der Waals surface area (Å²) < 4.78 is 0. The van der Waals surface area contributed by atoms with Gasteiger partial charge in [0.1, 0.15) is 0 Å². The monoisotopic (exact) mass is 245 g/mol. The van der Waals surface area contributed by atoms with Crippen molar-refractivity contribution in [2.75, 3.05) is 0 Å². The van der Waals surface area contributed by atoms with E-state index in [4.69, 9.17) is 4.98 Å². The lowest BCUT2D eigenvalue weighted by atomic mass is 9.93. The normalized spacial score (nSPS) is 17.1. The number of pyridine rings is 1. The molecular formula is C17H27N. The van der Waals surface area contributed by atoms with E-state index in [9.17, 15) is 0 Å². The molecule has 0 bridgehead atoms. The van der Waals surface area contributed by atoms with Crippen molar-refractivity contribution >= 4 is 0 Å². The lowest BCUT2D eigenvalue weighted by Gasteiger charge is -2.16. The molecular weight excluding hydrogens is 218 g/mol. The first kappa shape index (κ1) is 13.6. The van der Waals surface area contributed by atoms with Crippen LogP contribution in [0.2, 0.25) is 0 Å². The van der Waals surface area contributed by atoms with Crippen molar-refractivity contribution in [1.29, 1.82) is 0 Å². The van der Waals surface area contributed by atoms with E-state index in [2.05, 4.69) is 13.8 Å². The molecule has 0 aliphatic heterocycles. The van der Waals surface area contributed by atoms with Gasteiger partial charge < -0.3 is 0 Å². The molecule has 1 aromatic heterocycles. The van der Waals surface area contributed by atoms with Crippen LogP contribution in [-0.2, 0) is 25.7 Å². The number of fused-ring (bicyclic) bond motifs is 1. The number of aryl methyl sites for hydroxylation is 2. The Labute approximate surface area is 112 Å². The molecule has 2 aliphatic rings. The Bertz CT molecular complexity index is 416. The van der Waals surface area contributed by atoms with Crippen LogP contribution in [0.25, 0.3) is 0 Å². The van der Waals surface area contributed by atoms with Crippen LogP contribution in [0.4, 0.5) is 0 Å². The molecule has 3 rings (SSSR count). The summed E-state index contributed by atoms with van der Waals surface area (Å²) in [6.45, 7) is 8.58. The van der Waals surface area contributed by atoms with Gasteiger partial charge in [0.05, 0.1) is 0 Å². The summed E-state index contributed by atoms with van der Waals surface area (Å²) in [6, 6.07) is 0. The lowest BCUT2D eigenvalue weighted by molar-refractivity contribution is 0.880. The number of rotatable bonds is 3. The summed E-state index contributed by atoms with van der Waals surface area (Å²) in [6.07, 6.45) is 8.97. The molecule has 0 amide bonds. The summed E-state index contributed by atoms with van der Waals surface area (Å²) in [7, 11) is 0. The van der Waals surface area contributed by atoms with E-state index in [1.54, 1.807) is 16.7 Å². The second-order valence-corrected chi connectivity index (χ2v) is 5.21. The van der Waals surface area contributed by atoms with Gasteiger partial charge in [-0.05, 0) is 67.6 Å². The Morgan fingerprint density at radius 1 is 1.06 bits per heavy atom. The maximum Gasteiger partial charge on any atom is 0.0441 e. The Hall–Kier alpha value is -0.850. The van der Waals surface area contributed by atoms with E-state index in [1.807, 2.05) is 13.8 Å². The lowest BCUT2D eigenvalue weighted by Crippen LogP contribution is -2.06. The van der Waals surface area contributed by atoms with Gasteiger partial charge in [0.25, 0.3) is 0 Å². The smallest absolute Gasteiger partial charge is 0.0441 e. The summed E-state index contributed by atoms with van der Waals surface area (Å²) in [5, 5.41) is 0. The minimum atomic E-state index is 0.864. The summed E-state index contributed by atoms with van der Waals surface area (Å²) >= 11 is 0. The third-order valence-corrected chi connectivity index (χ3v) is 4.13. The van der Waals surface area contributed by atoms with Crippen molar-refractivity contribution in [3.8, 4) is 0 Å². The molecule has 0 spiro atoms. The fourth-order valence-corrected chi connectivity index (χ4v) is 3.26. The number of aromatic nitrogens is 1. The first-order valence-corrected chi connectivity index (χ1v) is 7.88. The molecule has 1 saturated carbocycles. The molecule has 0 aromatic carbocycles. The fraction of sp³-hybridized carbons (Fsp3) is 0.706. The quantitative estimate of drug-likeness (QED) is 0.758. The Balaban J connectivity index is 0.000000574. The molecule has 0 radical (unpaired) electrons. The van der Waals surface area contributed by atoms with Crippen molar-refractivity contribution in [3.63, 3.8) is 0 Å². The molecule has 1 heterocycles. The summed E-state index contributed by atoms with van der Waals surface area (Å²) in [4.78, 5) is 4.94. The summed E-state index contributed by atoms with van der Waals surface area (Å²) in [5.74, 6) is 0.864. The van der Waals surface area contributed by atoms with Gasteiger partial charge in [0.15, 0.2) is 0 Å². The molecule has 0 N–H and O–H groups in total. The number of nitrogens with zero attached hydrogens (tertiary/aromatic N) is 1. The maximum absolute atomic E-state index is 4.94. The minimum Gasteiger partial charge on any atom is -0.257 e. The highest BCUT2D eigenvalue weighted by molar-refractivity contribution is 5.46. The van der Waals surface area contributed by atoms with Gasteiger partial charge in [-0.2, -0.15) is 0 Å². The van der Waals surface area contributed by atoms with Crippen LogP contribution < -0.4 is 0 Å². The topological polar surface area (TPSA) is 12.9 Å². The highest BCUT2D eigenvalue weighted by Crippen LogP contribution is 2.45. The highest BCUT2D eigenvalue weighted by atomic mass is 14.7. The van der Waals surface area contributed by atoms with Crippen LogP contribution in [0.5, 0.6) is 0 Å². The number of hydrogen-bond donors (Lipinski definition) is 0. The average molecular weight is 245 g/mol. The standard InChI is InChI=1S/C15H21N.C2H6/c1-3-11-12-6-5-7-14(12)16-13(4-2)15(11)10-8-9-10;1-2/h10H,3-9H2,1-2H3;1-2H3. The third-order valence-electron chi connectivity index (χ3n) is 4.13.